The number of hydrogen-bond acceptors (Lipinski definition) is 4. The van der Waals surface area contributed by atoms with Crippen LogP contribution in [-0.2, 0) is 24.4 Å². The van der Waals surface area contributed by atoms with Crippen molar-refractivity contribution in [3.05, 3.63) is 116 Å². The Bertz CT molecular complexity index is 1500. The fraction of sp³-hybridized carbons (Fsp3) is 0.300. The van der Waals surface area contributed by atoms with Gasteiger partial charge in [-0.05, 0) is 30.2 Å². The number of aromatic nitrogens is 2. The third kappa shape index (κ3) is 5.57. The summed E-state index contributed by atoms with van der Waals surface area (Å²) in [4.78, 5) is 43.5. The van der Waals surface area contributed by atoms with Gasteiger partial charge in [-0.1, -0.05) is 72.3 Å². The molecule has 0 aliphatic carbocycles. The maximum atomic E-state index is 13.2. The molecule has 0 spiro atoms. The number of piperazine rings is 1. The second-order valence-electron chi connectivity index (χ2n) is 9.71. The number of fused-ring (bicyclic) bond motifs is 1. The number of benzene rings is 3. The summed E-state index contributed by atoms with van der Waals surface area (Å²) in [6, 6.07) is 25.7. The topological polar surface area (TPSA) is 67.5 Å². The van der Waals surface area contributed by atoms with Gasteiger partial charge in [-0.25, -0.2) is 0 Å². The Kier molecular flexibility index (Phi) is 7.32. The monoisotopic (exact) mass is 496 g/mol. The van der Waals surface area contributed by atoms with Crippen molar-refractivity contribution < 1.29 is 4.79 Å². The summed E-state index contributed by atoms with van der Waals surface area (Å²) in [5, 5.41) is 0. The summed E-state index contributed by atoms with van der Waals surface area (Å²) in [6.45, 7) is 6.36. The molecule has 190 valence electrons. The second-order valence-corrected chi connectivity index (χ2v) is 9.71. The van der Waals surface area contributed by atoms with Crippen molar-refractivity contribution in [1.29, 1.82) is 0 Å². The average molecular weight is 497 g/mol. The molecule has 0 atom stereocenters. The molecule has 1 fully saturated rings. The summed E-state index contributed by atoms with van der Waals surface area (Å²) in [5.41, 5.74) is 3.56. The largest absolute Gasteiger partial charge is 0.340 e. The molecule has 0 saturated carbocycles. The van der Waals surface area contributed by atoms with Crippen LogP contribution in [0.15, 0.2) is 88.5 Å². The molecule has 0 N–H and O–H groups in total. The van der Waals surface area contributed by atoms with Crippen molar-refractivity contribution in [1.82, 2.24) is 18.9 Å². The number of hydrogen-bond donors (Lipinski definition) is 0. The van der Waals surface area contributed by atoms with E-state index < -0.39 is 11.1 Å². The average Bonchev–Trinajstić information content (AvgIpc) is 2.93. The van der Waals surface area contributed by atoms with Crippen LogP contribution >= 0.6 is 0 Å². The van der Waals surface area contributed by atoms with Crippen LogP contribution in [-0.4, -0.2) is 51.0 Å². The molecular formula is C30H32N4O3. The lowest BCUT2D eigenvalue weighted by Crippen LogP contribution is -2.48. The summed E-state index contributed by atoms with van der Waals surface area (Å²) < 4.78 is 3.00. The first-order valence-corrected chi connectivity index (χ1v) is 12.8. The van der Waals surface area contributed by atoms with Crippen LogP contribution < -0.4 is 11.1 Å². The standard InChI is InChI=1S/C30H32N4O3/c1-23-11-13-25(14-12-23)22-34-27-10-6-5-9-26(27)33(29(36)30(34)37)16-15-28(35)32-19-17-31(18-20-32)21-24-7-3-2-4-8-24/h2-14H,15-22H2,1H3. The van der Waals surface area contributed by atoms with Gasteiger partial charge in [-0.2, -0.15) is 0 Å². The Morgan fingerprint density at radius 1 is 0.676 bits per heavy atom. The highest BCUT2D eigenvalue weighted by atomic mass is 16.2. The number of carbonyl (C=O) groups excluding carboxylic acids is 1. The molecule has 0 bridgehead atoms. The molecule has 1 aliphatic rings. The molecule has 1 aliphatic heterocycles. The molecule has 37 heavy (non-hydrogen) atoms. The summed E-state index contributed by atoms with van der Waals surface area (Å²) in [5.74, 6) is 0.0131. The SMILES string of the molecule is Cc1ccc(Cn2c(=O)c(=O)n(CCC(=O)N3CCN(Cc4ccccc4)CC3)c3ccccc32)cc1. The molecule has 7 heteroatoms. The molecule has 0 radical (unpaired) electrons. The van der Waals surface area contributed by atoms with Gasteiger partial charge in [0.25, 0.3) is 0 Å². The third-order valence-corrected chi connectivity index (χ3v) is 7.12. The van der Waals surface area contributed by atoms with E-state index >= 15 is 0 Å². The van der Waals surface area contributed by atoms with Crippen molar-refractivity contribution in [3.63, 3.8) is 0 Å². The van der Waals surface area contributed by atoms with Crippen LogP contribution in [0.25, 0.3) is 11.0 Å². The fourth-order valence-corrected chi connectivity index (χ4v) is 4.99. The number of carbonyl (C=O) groups is 1. The van der Waals surface area contributed by atoms with Gasteiger partial charge in [0, 0.05) is 45.7 Å². The third-order valence-electron chi connectivity index (χ3n) is 7.12. The summed E-state index contributed by atoms with van der Waals surface area (Å²) >= 11 is 0. The first-order chi connectivity index (χ1) is 18.0. The van der Waals surface area contributed by atoms with Crippen LogP contribution in [0.1, 0.15) is 23.1 Å². The first kappa shape index (κ1) is 24.7. The predicted octanol–water partition coefficient (Wildman–Crippen LogP) is 3.25. The lowest BCUT2D eigenvalue weighted by atomic mass is 10.1. The summed E-state index contributed by atoms with van der Waals surface area (Å²) in [6.07, 6.45) is 0.185. The number of rotatable bonds is 7. The molecular weight excluding hydrogens is 464 g/mol. The molecule has 5 rings (SSSR count). The Morgan fingerprint density at radius 3 is 1.92 bits per heavy atom. The number of aryl methyl sites for hydroxylation is 2. The Hall–Kier alpha value is -3.97. The highest BCUT2D eigenvalue weighted by Gasteiger charge is 2.22. The van der Waals surface area contributed by atoms with Gasteiger partial charge in [0.1, 0.15) is 0 Å². The highest BCUT2D eigenvalue weighted by molar-refractivity contribution is 5.77. The zero-order valence-corrected chi connectivity index (χ0v) is 21.2. The van der Waals surface area contributed by atoms with Crippen molar-refractivity contribution in [2.45, 2.75) is 33.0 Å². The molecule has 1 amide bonds. The van der Waals surface area contributed by atoms with Gasteiger partial charge >= 0.3 is 11.1 Å². The van der Waals surface area contributed by atoms with Crippen LogP contribution in [0.5, 0.6) is 0 Å². The van der Waals surface area contributed by atoms with E-state index in [1.807, 2.05) is 78.6 Å². The Morgan fingerprint density at radius 2 is 1.24 bits per heavy atom. The first-order valence-electron chi connectivity index (χ1n) is 12.8. The van der Waals surface area contributed by atoms with E-state index in [0.29, 0.717) is 30.7 Å². The number of para-hydroxylation sites is 2. The van der Waals surface area contributed by atoms with Crippen molar-refractivity contribution >= 4 is 16.9 Å². The van der Waals surface area contributed by atoms with Gasteiger partial charge in [-0.3, -0.25) is 23.9 Å². The minimum absolute atomic E-state index is 0.0131. The van der Waals surface area contributed by atoms with Crippen LogP contribution in [0.2, 0.25) is 0 Å². The minimum Gasteiger partial charge on any atom is -0.340 e. The zero-order chi connectivity index (χ0) is 25.8. The van der Waals surface area contributed by atoms with Crippen LogP contribution in [0.3, 0.4) is 0 Å². The molecule has 7 nitrogen and oxygen atoms in total. The lowest BCUT2D eigenvalue weighted by molar-refractivity contribution is -0.133. The Balaban J connectivity index is 1.28. The van der Waals surface area contributed by atoms with E-state index in [0.717, 1.165) is 30.8 Å². The summed E-state index contributed by atoms with van der Waals surface area (Å²) in [7, 11) is 0. The fourth-order valence-electron chi connectivity index (χ4n) is 4.99. The van der Waals surface area contributed by atoms with Gasteiger partial charge < -0.3 is 9.47 Å². The van der Waals surface area contributed by atoms with E-state index in [1.54, 1.807) is 0 Å². The van der Waals surface area contributed by atoms with E-state index in [1.165, 1.54) is 14.7 Å². The zero-order valence-electron chi connectivity index (χ0n) is 21.2. The number of nitrogens with zero attached hydrogens (tertiary/aromatic N) is 4. The van der Waals surface area contributed by atoms with Gasteiger partial charge in [-0.15, -0.1) is 0 Å². The Labute approximate surface area is 216 Å². The normalized spacial score (nSPS) is 14.2. The van der Waals surface area contributed by atoms with Crippen molar-refractivity contribution in [2.24, 2.45) is 0 Å². The number of amides is 1. The van der Waals surface area contributed by atoms with Gasteiger partial charge in [0.2, 0.25) is 5.91 Å². The van der Waals surface area contributed by atoms with Gasteiger partial charge in [0.15, 0.2) is 0 Å². The predicted molar refractivity (Wildman–Crippen MR) is 146 cm³/mol. The molecule has 3 aromatic carbocycles. The molecule has 4 aromatic rings. The minimum atomic E-state index is -0.591. The van der Waals surface area contributed by atoms with E-state index in [2.05, 4.69) is 17.0 Å². The molecule has 2 heterocycles. The van der Waals surface area contributed by atoms with Crippen LogP contribution in [0, 0.1) is 6.92 Å². The smallest absolute Gasteiger partial charge is 0.317 e. The molecule has 1 aromatic heterocycles. The highest BCUT2D eigenvalue weighted by Crippen LogP contribution is 2.14. The quantitative estimate of drug-likeness (QED) is 0.369. The molecule has 1 saturated heterocycles. The van der Waals surface area contributed by atoms with E-state index in [4.69, 9.17) is 0 Å². The van der Waals surface area contributed by atoms with Gasteiger partial charge in [0.05, 0.1) is 17.6 Å². The van der Waals surface area contributed by atoms with Crippen molar-refractivity contribution in [3.8, 4) is 0 Å². The molecule has 0 unspecified atom stereocenters. The van der Waals surface area contributed by atoms with Crippen molar-refractivity contribution in [2.75, 3.05) is 26.2 Å². The van der Waals surface area contributed by atoms with E-state index in [-0.39, 0.29) is 18.9 Å². The second kappa shape index (κ2) is 11.0. The maximum Gasteiger partial charge on any atom is 0.317 e. The maximum absolute atomic E-state index is 13.2. The lowest BCUT2D eigenvalue weighted by Gasteiger charge is -2.35. The van der Waals surface area contributed by atoms with Crippen LogP contribution in [0.4, 0.5) is 0 Å². The van der Waals surface area contributed by atoms with E-state index in [9.17, 15) is 14.4 Å².